The summed E-state index contributed by atoms with van der Waals surface area (Å²) >= 11 is 0. The van der Waals surface area contributed by atoms with E-state index in [2.05, 4.69) is 9.72 Å². The lowest BCUT2D eigenvalue weighted by Gasteiger charge is -2.00. The molecule has 0 fully saturated rings. The highest BCUT2D eigenvalue weighted by Gasteiger charge is 2.02. The molecule has 12 heavy (non-hydrogen) atoms. The number of hydrogen-bond donors (Lipinski definition) is 0. The molecule has 0 saturated carbocycles. The van der Waals surface area contributed by atoms with Gasteiger partial charge in [0, 0.05) is 12.5 Å². The van der Waals surface area contributed by atoms with Gasteiger partial charge < -0.3 is 4.74 Å². The first-order valence-corrected chi connectivity index (χ1v) is 3.40. The SMILES string of the molecule is CC(=O)Oc1cnc(F)c(C)c1. The molecule has 4 heteroatoms. The largest absolute Gasteiger partial charge is 0.425 e. The Morgan fingerprint density at radius 3 is 2.83 bits per heavy atom. The zero-order valence-corrected chi connectivity index (χ0v) is 6.80. The van der Waals surface area contributed by atoms with E-state index in [1.807, 2.05) is 0 Å². The number of esters is 1. The molecule has 0 radical (unpaired) electrons. The number of hydrogen-bond acceptors (Lipinski definition) is 3. The molecule has 0 amide bonds. The number of aromatic nitrogens is 1. The van der Waals surface area contributed by atoms with E-state index >= 15 is 0 Å². The highest BCUT2D eigenvalue weighted by atomic mass is 19.1. The monoisotopic (exact) mass is 169 g/mol. The fraction of sp³-hybridized carbons (Fsp3) is 0.250. The van der Waals surface area contributed by atoms with Crippen LogP contribution in [0.4, 0.5) is 4.39 Å². The number of carbonyl (C=O) groups excluding carboxylic acids is 1. The molecule has 0 aliphatic carbocycles. The first-order chi connectivity index (χ1) is 5.59. The Balaban J connectivity index is 2.89. The van der Waals surface area contributed by atoms with Crippen LogP contribution in [0.5, 0.6) is 5.75 Å². The number of carbonyl (C=O) groups is 1. The Kier molecular flexibility index (Phi) is 2.38. The Morgan fingerprint density at radius 1 is 1.67 bits per heavy atom. The van der Waals surface area contributed by atoms with Crippen LogP contribution >= 0.6 is 0 Å². The fourth-order valence-electron chi connectivity index (χ4n) is 0.754. The van der Waals surface area contributed by atoms with Crippen LogP contribution in [0.2, 0.25) is 0 Å². The van der Waals surface area contributed by atoms with Gasteiger partial charge in [-0.15, -0.1) is 0 Å². The van der Waals surface area contributed by atoms with Gasteiger partial charge in [-0.1, -0.05) is 0 Å². The van der Waals surface area contributed by atoms with Crippen molar-refractivity contribution in [3.63, 3.8) is 0 Å². The molecule has 1 aromatic heterocycles. The molecule has 0 aliphatic rings. The van der Waals surface area contributed by atoms with Gasteiger partial charge in [0.1, 0.15) is 5.75 Å². The van der Waals surface area contributed by atoms with Gasteiger partial charge in [0.2, 0.25) is 5.95 Å². The van der Waals surface area contributed by atoms with Crippen molar-refractivity contribution in [2.24, 2.45) is 0 Å². The maximum Gasteiger partial charge on any atom is 0.308 e. The van der Waals surface area contributed by atoms with E-state index in [4.69, 9.17) is 0 Å². The third-order valence-electron chi connectivity index (χ3n) is 1.25. The predicted molar refractivity (Wildman–Crippen MR) is 40.2 cm³/mol. The van der Waals surface area contributed by atoms with E-state index in [0.717, 1.165) is 0 Å². The standard InChI is InChI=1S/C8H8FNO2/c1-5-3-7(12-6(2)11)4-10-8(5)9/h3-4H,1-2H3. The number of rotatable bonds is 1. The zero-order chi connectivity index (χ0) is 9.14. The molecule has 0 unspecified atom stereocenters. The number of aryl methyl sites for hydroxylation is 1. The molecule has 0 bridgehead atoms. The normalized spacial score (nSPS) is 9.58. The molecular weight excluding hydrogens is 161 g/mol. The highest BCUT2D eigenvalue weighted by Crippen LogP contribution is 2.12. The molecule has 1 heterocycles. The van der Waals surface area contributed by atoms with Crippen molar-refractivity contribution in [1.82, 2.24) is 4.98 Å². The summed E-state index contributed by atoms with van der Waals surface area (Å²) in [5.41, 5.74) is 0.355. The van der Waals surface area contributed by atoms with Gasteiger partial charge in [-0.05, 0) is 13.0 Å². The van der Waals surface area contributed by atoms with Crippen LogP contribution in [0, 0.1) is 12.9 Å². The van der Waals surface area contributed by atoms with Crippen molar-refractivity contribution in [3.05, 3.63) is 23.8 Å². The van der Waals surface area contributed by atoms with E-state index in [1.54, 1.807) is 6.92 Å². The third-order valence-corrected chi connectivity index (χ3v) is 1.25. The average molecular weight is 169 g/mol. The van der Waals surface area contributed by atoms with Crippen LogP contribution in [-0.4, -0.2) is 11.0 Å². The first-order valence-electron chi connectivity index (χ1n) is 3.40. The van der Waals surface area contributed by atoms with Gasteiger partial charge >= 0.3 is 5.97 Å². The number of ether oxygens (including phenoxy) is 1. The van der Waals surface area contributed by atoms with Crippen LogP contribution in [-0.2, 0) is 4.79 Å². The van der Waals surface area contributed by atoms with Gasteiger partial charge in [-0.2, -0.15) is 4.39 Å². The molecule has 0 spiro atoms. The van der Waals surface area contributed by atoms with Crippen LogP contribution < -0.4 is 4.74 Å². The van der Waals surface area contributed by atoms with Gasteiger partial charge in [-0.25, -0.2) is 4.98 Å². The van der Waals surface area contributed by atoms with Crippen LogP contribution in [0.25, 0.3) is 0 Å². The minimum atomic E-state index is -0.550. The van der Waals surface area contributed by atoms with Gasteiger partial charge in [0.25, 0.3) is 0 Å². The Labute approximate surface area is 69.2 Å². The topological polar surface area (TPSA) is 39.2 Å². The molecule has 0 aliphatic heterocycles. The fourth-order valence-corrected chi connectivity index (χ4v) is 0.754. The van der Waals surface area contributed by atoms with Crippen LogP contribution in [0.15, 0.2) is 12.3 Å². The van der Waals surface area contributed by atoms with Crippen molar-refractivity contribution in [3.8, 4) is 5.75 Å². The first kappa shape index (κ1) is 8.64. The minimum Gasteiger partial charge on any atom is -0.425 e. The van der Waals surface area contributed by atoms with Gasteiger partial charge in [0.05, 0.1) is 6.20 Å². The van der Waals surface area contributed by atoms with E-state index < -0.39 is 11.9 Å². The molecule has 0 saturated heterocycles. The van der Waals surface area contributed by atoms with Gasteiger partial charge in [0.15, 0.2) is 0 Å². The lowest BCUT2D eigenvalue weighted by Crippen LogP contribution is -2.02. The molecule has 3 nitrogen and oxygen atoms in total. The van der Waals surface area contributed by atoms with Crippen LogP contribution in [0.1, 0.15) is 12.5 Å². The minimum absolute atomic E-state index is 0.265. The summed E-state index contributed by atoms with van der Waals surface area (Å²) in [6, 6.07) is 1.42. The second kappa shape index (κ2) is 3.30. The molecular formula is C8H8FNO2. The second-order valence-electron chi connectivity index (χ2n) is 2.37. The Hall–Kier alpha value is -1.45. The van der Waals surface area contributed by atoms with E-state index in [0.29, 0.717) is 5.56 Å². The summed E-state index contributed by atoms with van der Waals surface area (Å²) in [6.07, 6.45) is 1.17. The lowest BCUT2D eigenvalue weighted by atomic mass is 10.3. The number of nitrogens with zero attached hydrogens (tertiary/aromatic N) is 1. The molecule has 0 atom stereocenters. The smallest absolute Gasteiger partial charge is 0.308 e. The summed E-state index contributed by atoms with van der Waals surface area (Å²) in [4.78, 5) is 13.9. The summed E-state index contributed by atoms with van der Waals surface area (Å²) < 4.78 is 17.3. The van der Waals surface area contributed by atoms with Gasteiger partial charge in [-0.3, -0.25) is 4.79 Å². The van der Waals surface area contributed by atoms with E-state index in [1.165, 1.54) is 19.2 Å². The number of halogens is 1. The van der Waals surface area contributed by atoms with E-state index in [-0.39, 0.29) is 5.75 Å². The molecule has 64 valence electrons. The summed E-state index contributed by atoms with van der Waals surface area (Å²) in [7, 11) is 0. The summed E-state index contributed by atoms with van der Waals surface area (Å²) in [6.45, 7) is 2.83. The van der Waals surface area contributed by atoms with Crippen molar-refractivity contribution < 1.29 is 13.9 Å². The Morgan fingerprint density at radius 2 is 2.33 bits per heavy atom. The number of pyridine rings is 1. The summed E-state index contributed by atoms with van der Waals surface area (Å²) in [5.74, 6) is -0.727. The summed E-state index contributed by atoms with van der Waals surface area (Å²) in [5, 5.41) is 0. The Bertz CT molecular complexity index is 312. The average Bonchev–Trinajstić information content (AvgIpc) is 1.96. The molecule has 1 aromatic rings. The van der Waals surface area contributed by atoms with E-state index in [9.17, 15) is 9.18 Å². The third kappa shape index (κ3) is 2.02. The predicted octanol–water partition coefficient (Wildman–Crippen LogP) is 1.45. The van der Waals surface area contributed by atoms with Crippen molar-refractivity contribution in [2.75, 3.05) is 0 Å². The second-order valence-corrected chi connectivity index (χ2v) is 2.37. The molecule has 0 N–H and O–H groups in total. The molecule has 0 aromatic carbocycles. The van der Waals surface area contributed by atoms with Crippen molar-refractivity contribution in [1.29, 1.82) is 0 Å². The maximum atomic E-state index is 12.6. The van der Waals surface area contributed by atoms with Crippen LogP contribution in [0.3, 0.4) is 0 Å². The zero-order valence-electron chi connectivity index (χ0n) is 6.80. The lowest BCUT2D eigenvalue weighted by molar-refractivity contribution is -0.131. The van der Waals surface area contributed by atoms with Crippen molar-refractivity contribution >= 4 is 5.97 Å². The highest BCUT2D eigenvalue weighted by molar-refractivity contribution is 5.69. The van der Waals surface area contributed by atoms with Crippen molar-refractivity contribution in [2.45, 2.75) is 13.8 Å². The quantitative estimate of drug-likeness (QED) is 0.472. The maximum absolute atomic E-state index is 12.6. The molecule has 1 rings (SSSR count).